The molecule has 0 unspecified atom stereocenters. The molecule has 1 aromatic heterocycles. The Kier molecular flexibility index (Phi) is 2.10. The van der Waals surface area contributed by atoms with Crippen molar-refractivity contribution in [3.05, 3.63) is 6.20 Å². The number of rotatable bonds is 2. The van der Waals surface area contributed by atoms with Crippen LogP contribution < -0.4 is 15.2 Å². The fourth-order valence-corrected chi connectivity index (χ4v) is 0.622. The average molecular weight is 155 g/mol. The molecule has 5 heteroatoms. The monoisotopic (exact) mass is 155 g/mol. The van der Waals surface area contributed by atoms with E-state index in [0.717, 1.165) is 0 Å². The molecular weight excluding hydrogens is 146 g/mol. The summed E-state index contributed by atoms with van der Waals surface area (Å²) < 4.78 is 9.59. The van der Waals surface area contributed by atoms with Crippen molar-refractivity contribution in [1.82, 2.24) is 9.97 Å². The van der Waals surface area contributed by atoms with Crippen LogP contribution in [-0.2, 0) is 0 Å². The quantitative estimate of drug-likeness (QED) is 0.654. The summed E-state index contributed by atoms with van der Waals surface area (Å²) in [5, 5.41) is 0. The van der Waals surface area contributed by atoms with E-state index >= 15 is 0 Å². The summed E-state index contributed by atoms with van der Waals surface area (Å²) >= 11 is 0. The fourth-order valence-electron chi connectivity index (χ4n) is 0.622. The van der Waals surface area contributed by atoms with Crippen molar-refractivity contribution in [3.8, 4) is 11.9 Å². The van der Waals surface area contributed by atoms with Crippen molar-refractivity contribution in [2.75, 3.05) is 20.0 Å². The highest BCUT2D eigenvalue weighted by Gasteiger charge is 2.02. The summed E-state index contributed by atoms with van der Waals surface area (Å²) in [6.45, 7) is 0. The van der Waals surface area contributed by atoms with Gasteiger partial charge in [0.2, 0.25) is 5.88 Å². The van der Waals surface area contributed by atoms with Gasteiger partial charge >= 0.3 is 6.01 Å². The molecule has 0 saturated carbocycles. The van der Waals surface area contributed by atoms with Crippen LogP contribution in [0.3, 0.4) is 0 Å². The summed E-state index contributed by atoms with van der Waals surface area (Å²) in [6.07, 6.45) is 1.44. The third-order valence-corrected chi connectivity index (χ3v) is 1.13. The topological polar surface area (TPSA) is 70.3 Å². The second kappa shape index (κ2) is 3.05. The van der Waals surface area contributed by atoms with Crippen LogP contribution in [0.2, 0.25) is 0 Å². The Labute approximate surface area is 64.2 Å². The van der Waals surface area contributed by atoms with E-state index in [9.17, 15) is 0 Å². The maximum atomic E-state index is 5.45. The molecule has 0 bridgehead atoms. The molecule has 0 amide bonds. The molecule has 0 saturated heterocycles. The van der Waals surface area contributed by atoms with Gasteiger partial charge in [-0.25, -0.2) is 4.98 Å². The fraction of sp³-hybridized carbons (Fsp3) is 0.333. The molecule has 0 fully saturated rings. The van der Waals surface area contributed by atoms with Crippen molar-refractivity contribution in [1.29, 1.82) is 0 Å². The number of hydrogen-bond acceptors (Lipinski definition) is 5. The van der Waals surface area contributed by atoms with Crippen molar-refractivity contribution >= 4 is 5.69 Å². The standard InChI is InChI=1S/C6H9N3O2/c1-10-5-4(7)3-8-6(9-5)11-2/h3H,7H2,1-2H3. The van der Waals surface area contributed by atoms with E-state index in [1.54, 1.807) is 0 Å². The number of anilines is 1. The van der Waals surface area contributed by atoms with Gasteiger partial charge in [0.05, 0.1) is 20.4 Å². The van der Waals surface area contributed by atoms with Crippen LogP contribution in [0, 0.1) is 0 Å². The number of aromatic nitrogens is 2. The highest BCUT2D eigenvalue weighted by molar-refractivity contribution is 5.45. The number of nitrogens with zero attached hydrogens (tertiary/aromatic N) is 2. The van der Waals surface area contributed by atoms with Crippen molar-refractivity contribution in [3.63, 3.8) is 0 Å². The minimum atomic E-state index is 0.246. The third kappa shape index (κ3) is 1.49. The summed E-state index contributed by atoms with van der Waals surface area (Å²) in [6, 6.07) is 0.246. The zero-order valence-corrected chi connectivity index (χ0v) is 6.37. The minimum Gasteiger partial charge on any atom is -0.479 e. The zero-order chi connectivity index (χ0) is 8.27. The number of hydrogen-bond donors (Lipinski definition) is 1. The van der Waals surface area contributed by atoms with Gasteiger partial charge in [0, 0.05) is 0 Å². The predicted molar refractivity (Wildman–Crippen MR) is 39.5 cm³/mol. The van der Waals surface area contributed by atoms with E-state index in [4.69, 9.17) is 15.2 Å². The van der Waals surface area contributed by atoms with Gasteiger partial charge in [0.1, 0.15) is 5.69 Å². The van der Waals surface area contributed by atoms with Crippen LogP contribution in [0.1, 0.15) is 0 Å². The third-order valence-electron chi connectivity index (χ3n) is 1.13. The molecule has 60 valence electrons. The maximum Gasteiger partial charge on any atom is 0.319 e. The van der Waals surface area contributed by atoms with Crippen LogP contribution in [0.15, 0.2) is 6.20 Å². The van der Waals surface area contributed by atoms with Crippen LogP contribution in [0.5, 0.6) is 11.9 Å². The minimum absolute atomic E-state index is 0.246. The van der Waals surface area contributed by atoms with Gasteiger partial charge in [0.25, 0.3) is 0 Å². The summed E-state index contributed by atoms with van der Waals surface area (Å²) in [5.41, 5.74) is 5.85. The molecule has 1 aromatic rings. The first-order valence-corrected chi connectivity index (χ1v) is 2.98. The average Bonchev–Trinajstić information content (AvgIpc) is 2.05. The lowest BCUT2D eigenvalue weighted by atomic mass is 10.5. The summed E-state index contributed by atoms with van der Waals surface area (Å²) in [4.78, 5) is 7.60. The Hall–Kier alpha value is -1.52. The SMILES string of the molecule is COc1ncc(N)c(OC)n1. The number of ether oxygens (including phenoxy) is 2. The Morgan fingerprint density at radius 2 is 2.09 bits per heavy atom. The normalized spacial score (nSPS) is 9.27. The summed E-state index contributed by atoms with van der Waals surface area (Å²) in [5.74, 6) is 0.330. The molecule has 11 heavy (non-hydrogen) atoms. The van der Waals surface area contributed by atoms with Gasteiger partial charge in [-0.1, -0.05) is 0 Å². The van der Waals surface area contributed by atoms with Crippen LogP contribution >= 0.6 is 0 Å². The van der Waals surface area contributed by atoms with E-state index < -0.39 is 0 Å². The Morgan fingerprint density at radius 1 is 1.36 bits per heavy atom. The highest BCUT2D eigenvalue weighted by Crippen LogP contribution is 2.17. The van der Waals surface area contributed by atoms with Crippen LogP contribution in [0.25, 0.3) is 0 Å². The number of nitrogens with two attached hydrogens (primary N) is 1. The Bertz CT molecular complexity index is 252. The zero-order valence-electron chi connectivity index (χ0n) is 6.37. The molecule has 2 N–H and O–H groups in total. The molecular formula is C6H9N3O2. The van der Waals surface area contributed by atoms with Gasteiger partial charge in [0.15, 0.2) is 0 Å². The van der Waals surface area contributed by atoms with Crippen LogP contribution in [0.4, 0.5) is 5.69 Å². The maximum absolute atomic E-state index is 5.45. The first kappa shape index (κ1) is 7.59. The largest absolute Gasteiger partial charge is 0.479 e. The Morgan fingerprint density at radius 3 is 2.64 bits per heavy atom. The first-order valence-electron chi connectivity index (χ1n) is 2.98. The molecule has 0 aliphatic heterocycles. The lowest BCUT2D eigenvalue weighted by molar-refractivity contribution is 0.353. The Balaban J connectivity index is 3.02. The number of methoxy groups -OCH3 is 2. The second-order valence-corrected chi connectivity index (χ2v) is 1.82. The molecule has 0 aliphatic carbocycles. The van der Waals surface area contributed by atoms with E-state index in [1.807, 2.05) is 0 Å². The molecule has 1 rings (SSSR count). The van der Waals surface area contributed by atoms with Crippen molar-refractivity contribution in [2.24, 2.45) is 0 Å². The molecule has 1 heterocycles. The molecule has 0 radical (unpaired) electrons. The van der Waals surface area contributed by atoms with E-state index in [2.05, 4.69) is 9.97 Å². The molecule has 0 atom stereocenters. The smallest absolute Gasteiger partial charge is 0.319 e. The lowest BCUT2D eigenvalue weighted by Gasteiger charge is -2.02. The predicted octanol–water partition coefficient (Wildman–Crippen LogP) is 0.0760. The molecule has 0 aromatic carbocycles. The van der Waals surface area contributed by atoms with E-state index in [1.165, 1.54) is 20.4 Å². The van der Waals surface area contributed by atoms with Crippen LogP contribution in [-0.4, -0.2) is 24.2 Å². The van der Waals surface area contributed by atoms with Crippen molar-refractivity contribution < 1.29 is 9.47 Å². The van der Waals surface area contributed by atoms with Gasteiger partial charge in [-0.05, 0) is 0 Å². The number of nitrogen functional groups attached to an aromatic ring is 1. The highest BCUT2D eigenvalue weighted by atomic mass is 16.5. The molecule has 5 nitrogen and oxygen atoms in total. The van der Waals surface area contributed by atoms with Gasteiger partial charge in [-0.2, -0.15) is 4.98 Å². The lowest BCUT2D eigenvalue weighted by Crippen LogP contribution is -1.99. The van der Waals surface area contributed by atoms with E-state index in [0.29, 0.717) is 11.6 Å². The summed E-state index contributed by atoms with van der Waals surface area (Å²) in [7, 11) is 2.96. The van der Waals surface area contributed by atoms with Crippen molar-refractivity contribution in [2.45, 2.75) is 0 Å². The van der Waals surface area contributed by atoms with Gasteiger partial charge in [-0.15, -0.1) is 0 Å². The molecule has 0 spiro atoms. The van der Waals surface area contributed by atoms with Gasteiger partial charge < -0.3 is 15.2 Å². The second-order valence-electron chi connectivity index (χ2n) is 1.82. The van der Waals surface area contributed by atoms with E-state index in [-0.39, 0.29) is 6.01 Å². The molecule has 0 aliphatic rings. The first-order chi connectivity index (χ1) is 5.27. The van der Waals surface area contributed by atoms with Gasteiger partial charge in [-0.3, -0.25) is 0 Å².